The molecule has 0 bridgehead atoms. The van der Waals surface area contributed by atoms with E-state index in [1.165, 1.54) is 0 Å². The molecule has 0 atom stereocenters. The van der Waals surface area contributed by atoms with Crippen molar-refractivity contribution in [3.63, 3.8) is 0 Å². The van der Waals surface area contributed by atoms with Gasteiger partial charge in [0.2, 0.25) is 5.88 Å². The minimum Gasteiger partial charge on any atom is -0.437 e. The highest BCUT2D eigenvalue weighted by atomic mass is 79.9. The van der Waals surface area contributed by atoms with Gasteiger partial charge in [-0.15, -0.1) is 0 Å². The van der Waals surface area contributed by atoms with Gasteiger partial charge >= 0.3 is 0 Å². The Hall–Kier alpha value is -1.26. The summed E-state index contributed by atoms with van der Waals surface area (Å²) in [4.78, 5) is 4.00. The van der Waals surface area contributed by atoms with Crippen molar-refractivity contribution in [2.24, 2.45) is 0 Å². The van der Waals surface area contributed by atoms with Crippen molar-refractivity contribution in [3.05, 3.63) is 46.0 Å². The number of rotatable bonds is 2. The molecule has 5 heteroatoms. The average Bonchev–Trinajstić information content (AvgIpc) is 2.27. The van der Waals surface area contributed by atoms with Gasteiger partial charge in [-0.25, -0.2) is 0 Å². The van der Waals surface area contributed by atoms with Gasteiger partial charge in [-0.1, -0.05) is 27.5 Å². The second-order valence-electron chi connectivity index (χ2n) is 3.08. The monoisotopic (exact) mass is 298 g/mol. The largest absolute Gasteiger partial charge is 0.437 e. The van der Waals surface area contributed by atoms with E-state index in [1.54, 1.807) is 12.1 Å². The highest BCUT2D eigenvalue weighted by Gasteiger charge is 2.04. The molecule has 2 rings (SSSR count). The van der Waals surface area contributed by atoms with E-state index in [0.717, 1.165) is 4.47 Å². The first-order chi connectivity index (χ1) is 7.65. The molecule has 0 spiro atoms. The van der Waals surface area contributed by atoms with Crippen LogP contribution in [0.5, 0.6) is 11.6 Å². The summed E-state index contributed by atoms with van der Waals surface area (Å²) >= 11 is 9.09. The quantitative estimate of drug-likeness (QED) is 0.856. The lowest BCUT2D eigenvalue weighted by molar-refractivity contribution is 0.465. The fraction of sp³-hybridized carbons (Fsp3) is 0. The van der Waals surface area contributed by atoms with Gasteiger partial charge in [0.1, 0.15) is 10.9 Å². The third-order valence-corrected chi connectivity index (χ3v) is 2.62. The van der Waals surface area contributed by atoms with Crippen LogP contribution in [0.2, 0.25) is 5.15 Å². The third-order valence-electron chi connectivity index (χ3n) is 1.88. The summed E-state index contributed by atoms with van der Waals surface area (Å²) in [5.41, 5.74) is 6.16. The van der Waals surface area contributed by atoms with Gasteiger partial charge in [0.15, 0.2) is 0 Å². The van der Waals surface area contributed by atoms with Gasteiger partial charge in [-0.3, -0.25) is 0 Å². The summed E-state index contributed by atoms with van der Waals surface area (Å²) in [5.74, 6) is 0.972. The first kappa shape index (κ1) is 11.2. The Morgan fingerprint density at radius 3 is 2.50 bits per heavy atom. The smallest absolute Gasteiger partial charge is 0.244 e. The molecule has 0 aliphatic carbocycles. The number of nitrogens with zero attached hydrogens (tertiary/aromatic N) is 1. The molecule has 3 nitrogen and oxygen atoms in total. The molecule has 1 heterocycles. The third kappa shape index (κ3) is 2.65. The molecule has 0 radical (unpaired) electrons. The number of hydrogen-bond acceptors (Lipinski definition) is 3. The van der Waals surface area contributed by atoms with E-state index in [2.05, 4.69) is 20.9 Å². The fourth-order valence-electron chi connectivity index (χ4n) is 1.12. The zero-order valence-electron chi connectivity index (χ0n) is 8.15. The normalized spacial score (nSPS) is 10.1. The first-order valence-electron chi connectivity index (χ1n) is 4.50. The van der Waals surface area contributed by atoms with Gasteiger partial charge in [-0.05, 0) is 36.4 Å². The van der Waals surface area contributed by atoms with Crippen LogP contribution in [-0.4, -0.2) is 4.98 Å². The van der Waals surface area contributed by atoms with Crippen molar-refractivity contribution < 1.29 is 4.74 Å². The van der Waals surface area contributed by atoms with E-state index in [1.807, 2.05) is 24.3 Å². The van der Waals surface area contributed by atoms with Crippen molar-refractivity contribution in [3.8, 4) is 11.6 Å². The minimum absolute atomic E-state index is 0.315. The average molecular weight is 300 g/mol. The number of hydrogen-bond donors (Lipinski definition) is 1. The topological polar surface area (TPSA) is 48.1 Å². The number of pyridine rings is 1. The number of ether oxygens (including phenoxy) is 1. The van der Waals surface area contributed by atoms with Gasteiger partial charge in [-0.2, -0.15) is 4.98 Å². The van der Waals surface area contributed by atoms with Gasteiger partial charge in [0.05, 0.1) is 5.69 Å². The highest BCUT2D eigenvalue weighted by Crippen LogP contribution is 2.27. The molecule has 0 amide bonds. The summed E-state index contributed by atoms with van der Waals surface area (Å²) in [7, 11) is 0. The van der Waals surface area contributed by atoms with E-state index in [-0.39, 0.29) is 0 Å². The van der Waals surface area contributed by atoms with E-state index >= 15 is 0 Å². The highest BCUT2D eigenvalue weighted by molar-refractivity contribution is 9.10. The molecule has 1 aromatic carbocycles. The van der Waals surface area contributed by atoms with Crippen molar-refractivity contribution in [1.29, 1.82) is 0 Å². The van der Waals surface area contributed by atoms with Gasteiger partial charge in [0.25, 0.3) is 0 Å². The Balaban J connectivity index is 2.26. The summed E-state index contributed by atoms with van der Waals surface area (Å²) in [6, 6.07) is 10.6. The fourth-order valence-corrected chi connectivity index (χ4v) is 1.53. The second kappa shape index (κ2) is 4.72. The Morgan fingerprint density at radius 1 is 1.12 bits per heavy atom. The van der Waals surface area contributed by atoms with Gasteiger partial charge < -0.3 is 10.5 Å². The van der Waals surface area contributed by atoms with Crippen LogP contribution in [0.4, 0.5) is 5.69 Å². The molecule has 0 aliphatic heterocycles. The Morgan fingerprint density at radius 2 is 1.81 bits per heavy atom. The number of aromatic nitrogens is 1. The standard InChI is InChI=1S/C11H8BrClN2O/c12-7-1-3-8(4-2-7)16-11-9(14)5-6-10(13)15-11/h1-6H,14H2. The number of nitrogens with two attached hydrogens (primary N) is 1. The van der Waals surface area contributed by atoms with Crippen LogP contribution in [0, 0.1) is 0 Å². The predicted octanol–water partition coefficient (Wildman–Crippen LogP) is 3.87. The minimum atomic E-state index is 0.315. The van der Waals surface area contributed by atoms with Crippen LogP contribution in [0.3, 0.4) is 0 Å². The summed E-state index contributed by atoms with van der Waals surface area (Å²) in [6.07, 6.45) is 0. The number of benzene rings is 1. The number of anilines is 1. The Bertz CT molecular complexity index is 502. The first-order valence-corrected chi connectivity index (χ1v) is 5.68. The molecule has 0 saturated heterocycles. The maximum atomic E-state index is 5.75. The summed E-state index contributed by atoms with van der Waals surface area (Å²) < 4.78 is 6.48. The van der Waals surface area contributed by atoms with Crippen molar-refractivity contribution in [1.82, 2.24) is 4.98 Å². The van der Waals surface area contributed by atoms with E-state index in [0.29, 0.717) is 22.5 Å². The van der Waals surface area contributed by atoms with Crippen LogP contribution in [0.15, 0.2) is 40.9 Å². The van der Waals surface area contributed by atoms with Crippen LogP contribution < -0.4 is 10.5 Å². The summed E-state index contributed by atoms with van der Waals surface area (Å²) in [6.45, 7) is 0. The van der Waals surface area contributed by atoms with Crippen LogP contribution in [0.1, 0.15) is 0 Å². The van der Waals surface area contributed by atoms with E-state index in [9.17, 15) is 0 Å². The van der Waals surface area contributed by atoms with E-state index in [4.69, 9.17) is 22.1 Å². The maximum absolute atomic E-state index is 5.75. The lowest BCUT2D eigenvalue weighted by atomic mass is 10.3. The van der Waals surface area contributed by atoms with Crippen molar-refractivity contribution in [2.75, 3.05) is 5.73 Å². The molecule has 0 aliphatic rings. The predicted molar refractivity (Wildman–Crippen MR) is 67.9 cm³/mol. The molecular weight excluding hydrogens is 291 g/mol. The van der Waals surface area contributed by atoms with E-state index < -0.39 is 0 Å². The molecular formula is C11H8BrClN2O. The molecule has 1 aromatic heterocycles. The number of halogens is 2. The van der Waals surface area contributed by atoms with Gasteiger partial charge in [0, 0.05) is 4.47 Å². The Labute approximate surface area is 106 Å². The molecule has 0 unspecified atom stereocenters. The molecule has 16 heavy (non-hydrogen) atoms. The molecule has 0 saturated carbocycles. The lowest BCUT2D eigenvalue weighted by Gasteiger charge is -2.07. The Kier molecular flexibility index (Phi) is 3.31. The molecule has 2 aromatic rings. The summed E-state index contributed by atoms with van der Waals surface area (Å²) in [5, 5.41) is 0.348. The number of nitrogen functional groups attached to an aromatic ring is 1. The van der Waals surface area contributed by atoms with Crippen LogP contribution >= 0.6 is 27.5 Å². The molecule has 2 N–H and O–H groups in total. The van der Waals surface area contributed by atoms with Crippen LogP contribution in [0.25, 0.3) is 0 Å². The zero-order chi connectivity index (χ0) is 11.5. The lowest BCUT2D eigenvalue weighted by Crippen LogP contribution is -1.94. The van der Waals surface area contributed by atoms with Crippen LogP contribution in [-0.2, 0) is 0 Å². The maximum Gasteiger partial charge on any atom is 0.244 e. The van der Waals surface area contributed by atoms with Crippen molar-refractivity contribution >= 4 is 33.2 Å². The zero-order valence-corrected chi connectivity index (χ0v) is 10.5. The second-order valence-corrected chi connectivity index (χ2v) is 4.39. The SMILES string of the molecule is Nc1ccc(Cl)nc1Oc1ccc(Br)cc1. The van der Waals surface area contributed by atoms with Crippen molar-refractivity contribution in [2.45, 2.75) is 0 Å². The molecule has 82 valence electrons. The molecule has 0 fully saturated rings.